The summed E-state index contributed by atoms with van der Waals surface area (Å²) in [6.07, 6.45) is 1.42. The van der Waals surface area contributed by atoms with Crippen molar-refractivity contribution < 1.29 is 13.5 Å². The molecule has 0 amide bonds. The number of hydrogen-bond acceptors (Lipinski definition) is 4. The number of nitrogens with zero attached hydrogens (tertiary/aromatic N) is 2. The second kappa shape index (κ2) is 7.75. The summed E-state index contributed by atoms with van der Waals surface area (Å²) in [7, 11) is 1.34. The molecule has 2 aromatic carbocycles. The Balaban J connectivity index is 2.06. The maximum atomic E-state index is 14.1. The van der Waals surface area contributed by atoms with Gasteiger partial charge in [-0.3, -0.25) is 4.79 Å². The predicted molar refractivity (Wildman–Crippen MR) is 100.0 cm³/mol. The van der Waals surface area contributed by atoms with Crippen molar-refractivity contribution in [1.82, 2.24) is 9.55 Å². The molecule has 3 aromatic rings. The minimum Gasteiger partial charge on any atom is -0.490 e. The Hall–Kier alpha value is -2.93. The van der Waals surface area contributed by atoms with E-state index in [1.165, 1.54) is 30.0 Å². The van der Waals surface area contributed by atoms with Crippen molar-refractivity contribution in [2.75, 3.05) is 12.4 Å². The molecule has 0 fully saturated rings. The van der Waals surface area contributed by atoms with E-state index in [4.69, 9.17) is 16.3 Å². The highest BCUT2D eigenvalue weighted by molar-refractivity contribution is 6.31. The Bertz CT molecular complexity index is 1050. The first-order chi connectivity index (χ1) is 12.9. The largest absolute Gasteiger partial charge is 0.490 e. The van der Waals surface area contributed by atoms with Crippen LogP contribution in [0.15, 0.2) is 47.4 Å². The van der Waals surface area contributed by atoms with Gasteiger partial charge < -0.3 is 14.6 Å². The zero-order valence-electron chi connectivity index (χ0n) is 14.6. The number of methoxy groups -OCH3 is 1. The van der Waals surface area contributed by atoms with Gasteiger partial charge in [-0.15, -0.1) is 0 Å². The van der Waals surface area contributed by atoms with E-state index in [9.17, 15) is 13.6 Å². The summed E-state index contributed by atoms with van der Waals surface area (Å²) in [4.78, 5) is 16.1. The van der Waals surface area contributed by atoms with Crippen molar-refractivity contribution in [2.45, 2.75) is 13.5 Å². The first-order valence-corrected chi connectivity index (χ1v) is 8.38. The van der Waals surface area contributed by atoms with Crippen LogP contribution in [0.25, 0.3) is 0 Å². The lowest BCUT2D eigenvalue weighted by molar-refractivity contribution is 0.402. The second-order valence-electron chi connectivity index (χ2n) is 5.84. The topological polar surface area (TPSA) is 56.1 Å². The molecule has 0 aliphatic carbocycles. The first-order valence-electron chi connectivity index (χ1n) is 8.00. The lowest BCUT2D eigenvalue weighted by Gasteiger charge is -2.17. The summed E-state index contributed by atoms with van der Waals surface area (Å²) in [6, 6.07) is 8.58. The van der Waals surface area contributed by atoms with E-state index in [-0.39, 0.29) is 23.8 Å². The molecule has 27 heavy (non-hydrogen) atoms. The number of anilines is 2. The van der Waals surface area contributed by atoms with Crippen molar-refractivity contribution in [2.24, 2.45) is 0 Å². The molecular formula is C19H16ClF2N3O2. The molecule has 0 aliphatic heterocycles. The summed E-state index contributed by atoms with van der Waals surface area (Å²) in [5.41, 5.74) is 1.07. The summed E-state index contributed by atoms with van der Waals surface area (Å²) < 4.78 is 33.8. The number of benzene rings is 2. The molecule has 0 spiro atoms. The lowest BCUT2D eigenvalue weighted by atomic mass is 10.2. The van der Waals surface area contributed by atoms with Gasteiger partial charge in [-0.25, -0.2) is 8.78 Å². The minimum absolute atomic E-state index is 0.00545. The summed E-state index contributed by atoms with van der Waals surface area (Å²) in [5, 5.41) is 3.59. The van der Waals surface area contributed by atoms with Crippen molar-refractivity contribution in [1.29, 1.82) is 0 Å². The molecule has 0 radical (unpaired) electrons. The second-order valence-corrected chi connectivity index (χ2v) is 6.25. The van der Waals surface area contributed by atoms with Gasteiger partial charge in [0, 0.05) is 22.3 Å². The van der Waals surface area contributed by atoms with Gasteiger partial charge in [0.25, 0.3) is 0 Å². The summed E-state index contributed by atoms with van der Waals surface area (Å²) in [6.45, 7) is 1.83. The maximum absolute atomic E-state index is 14.1. The highest BCUT2D eigenvalue weighted by atomic mass is 35.5. The number of rotatable bonds is 5. The molecule has 1 heterocycles. The van der Waals surface area contributed by atoms with E-state index in [1.807, 2.05) is 6.92 Å². The van der Waals surface area contributed by atoms with Gasteiger partial charge in [0.05, 0.1) is 19.9 Å². The molecule has 5 nitrogen and oxygen atoms in total. The average Bonchev–Trinajstić information content (AvgIpc) is 2.63. The van der Waals surface area contributed by atoms with Gasteiger partial charge >= 0.3 is 5.56 Å². The molecule has 0 unspecified atom stereocenters. The fraction of sp³-hybridized carbons (Fsp3) is 0.158. The Morgan fingerprint density at radius 1 is 1.26 bits per heavy atom. The number of aromatic nitrogens is 2. The fourth-order valence-electron chi connectivity index (χ4n) is 2.53. The third-order valence-electron chi connectivity index (χ3n) is 4.05. The van der Waals surface area contributed by atoms with Crippen LogP contribution in [0.3, 0.4) is 0 Å². The molecule has 8 heteroatoms. The average molecular weight is 392 g/mol. The first kappa shape index (κ1) is 18.8. The SMILES string of the molecule is COc1cn(Cc2ccc(F)cc2F)c(Nc2cccc(Cl)c2C)nc1=O. The smallest absolute Gasteiger partial charge is 0.316 e. The Labute approximate surface area is 159 Å². The third-order valence-corrected chi connectivity index (χ3v) is 4.46. The highest BCUT2D eigenvalue weighted by Crippen LogP contribution is 2.26. The van der Waals surface area contributed by atoms with Crippen molar-refractivity contribution >= 4 is 23.2 Å². The van der Waals surface area contributed by atoms with Crippen LogP contribution in [-0.4, -0.2) is 16.7 Å². The van der Waals surface area contributed by atoms with E-state index < -0.39 is 17.2 Å². The van der Waals surface area contributed by atoms with E-state index in [0.717, 1.165) is 11.6 Å². The van der Waals surface area contributed by atoms with Crippen LogP contribution in [0.1, 0.15) is 11.1 Å². The monoisotopic (exact) mass is 391 g/mol. The molecule has 3 rings (SSSR count). The normalized spacial score (nSPS) is 10.7. The van der Waals surface area contributed by atoms with E-state index in [2.05, 4.69) is 10.3 Å². The maximum Gasteiger partial charge on any atom is 0.316 e. The molecule has 0 atom stereocenters. The van der Waals surface area contributed by atoms with Crippen LogP contribution in [0.4, 0.5) is 20.4 Å². The van der Waals surface area contributed by atoms with Crippen LogP contribution in [0.5, 0.6) is 5.75 Å². The van der Waals surface area contributed by atoms with Crippen LogP contribution in [0.2, 0.25) is 5.02 Å². The quantitative estimate of drug-likeness (QED) is 0.705. The minimum atomic E-state index is -0.697. The number of hydrogen-bond donors (Lipinski definition) is 1. The third kappa shape index (κ3) is 4.09. The summed E-state index contributed by atoms with van der Waals surface area (Å²) in [5.74, 6) is -1.18. The van der Waals surface area contributed by atoms with Crippen molar-refractivity contribution in [3.05, 3.63) is 80.7 Å². The van der Waals surface area contributed by atoms with Gasteiger partial charge in [0.15, 0.2) is 0 Å². The zero-order valence-corrected chi connectivity index (χ0v) is 15.3. The van der Waals surface area contributed by atoms with Crippen molar-refractivity contribution in [3.8, 4) is 5.75 Å². The van der Waals surface area contributed by atoms with Gasteiger partial charge in [-0.1, -0.05) is 23.7 Å². The predicted octanol–water partition coefficient (Wildman–Crippen LogP) is 4.28. The van der Waals surface area contributed by atoms with Crippen molar-refractivity contribution in [3.63, 3.8) is 0 Å². The van der Waals surface area contributed by atoms with Crippen LogP contribution in [-0.2, 0) is 6.54 Å². The molecule has 140 valence electrons. The molecule has 0 saturated carbocycles. The van der Waals surface area contributed by atoms with E-state index in [1.54, 1.807) is 18.2 Å². The van der Waals surface area contributed by atoms with Crippen LogP contribution in [0, 0.1) is 18.6 Å². The van der Waals surface area contributed by atoms with Gasteiger partial charge in [0.1, 0.15) is 11.6 Å². The molecule has 0 aliphatic rings. The molecule has 0 bridgehead atoms. The van der Waals surface area contributed by atoms with E-state index in [0.29, 0.717) is 10.7 Å². The molecule has 1 aromatic heterocycles. The standard InChI is InChI=1S/C19H16ClF2N3O2/c1-11-14(20)4-3-5-16(11)23-19-24-18(26)17(27-2)10-25(19)9-12-6-7-13(21)8-15(12)22/h3-8,10H,9H2,1-2H3,(H,23,24,26). The Morgan fingerprint density at radius 3 is 2.74 bits per heavy atom. The van der Waals surface area contributed by atoms with Crippen LogP contribution >= 0.6 is 11.6 Å². The number of nitrogens with one attached hydrogen (secondary N) is 1. The van der Waals surface area contributed by atoms with Gasteiger partial charge in [0.2, 0.25) is 11.7 Å². The Morgan fingerprint density at radius 2 is 2.04 bits per heavy atom. The zero-order chi connectivity index (χ0) is 19.6. The highest BCUT2D eigenvalue weighted by Gasteiger charge is 2.13. The molecule has 0 saturated heterocycles. The molecule has 1 N–H and O–H groups in total. The number of halogens is 3. The van der Waals surface area contributed by atoms with Gasteiger partial charge in [-0.05, 0) is 30.7 Å². The van der Waals surface area contributed by atoms with Crippen LogP contribution < -0.4 is 15.6 Å². The fourth-order valence-corrected chi connectivity index (χ4v) is 2.71. The van der Waals surface area contributed by atoms with Gasteiger partial charge in [-0.2, -0.15) is 4.98 Å². The Kier molecular flexibility index (Phi) is 5.41. The van der Waals surface area contributed by atoms with E-state index >= 15 is 0 Å². The molecular weight excluding hydrogens is 376 g/mol. The summed E-state index contributed by atoms with van der Waals surface area (Å²) >= 11 is 6.13. The number of ether oxygens (including phenoxy) is 1. The lowest BCUT2D eigenvalue weighted by Crippen LogP contribution is -2.19.